The molecule has 2 fully saturated rings. The monoisotopic (exact) mass is 224 g/mol. The quantitative estimate of drug-likeness (QED) is 0.713. The van der Waals surface area contributed by atoms with Crippen LogP contribution in [0.2, 0.25) is 0 Å². The fourth-order valence-electron chi connectivity index (χ4n) is 3.30. The van der Waals surface area contributed by atoms with Crippen molar-refractivity contribution in [2.75, 3.05) is 19.6 Å². The maximum absolute atomic E-state index is 12.1. The van der Waals surface area contributed by atoms with Gasteiger partial charge in [-0.1, -0.05) is 26.2 Å². The SMILES string of the molecule is CCCCCC1CNC(=O)C12CCNCC2. The second-order valence-corrected chi connectivity index (χ2v) is 5.31. The highest BCUT2D eigenvalue weighted by molar-refractivity contribution is 5.85. The average molecular weight is 224 g/mol. The van der Waals surface area contributed by atoms with E-state index in [1.54, 1.807) is 0 Å². The number of amides is 1. The van der Waals surface area contributed by atoms with Gasteiger partial charge in [-0.2, -0.15) is 0 Å². The van der Waals surface area contributed by atoms with Gasteiger partial charge in [-0.25, -0.2) is 0 Å². The summed E-state index contributed by atoms with van der Waals surface area (Å²) in [5.74, 6) is 0.921. The zero-order valence-electron chi connectivity index (χ0n) is 10.3. The lowest BCUT2D eigenvalue weighted by Crippen LogP contribution is -2.44. The van der Waals surface area contributed by atoms with Gasteiger partial charge in [0.05, 0.1) is 5.41 Å². The molecule has 2 saturated heterocycles. The molecule has 3 nitrogen and oxygen atoms in total. The van der Waals surface area contributed by atoms with Crippen LogP contribution in [0.5, 0.6) is 0 Å². The molecule has 3 heteroatoms. The van der Waals surface area contributed by atoms with E-state index in [4.69, 9.17) is 0 Å². The standard InChI is InChI=1S/C13H24N2O/c1-2-3-4-5-11-10-15-12(16)13(11)6-8-14-9-7-13/h11,14H,2-10H2,1H3,(H,15,16). The lowest BCUT2D eigenvalue weighted by Gasteiger charge is -2.36. The molecule has 1 amide bonds. The van der Waals surface area contributed by atoms with Crippen LogP contribution in [0, 0.1) is 11.3 Å². The van der Waals surface area contributed by atoms with Crippen molar-refractivity contribution in [3.63, 3.8) is 0 Å². The Morgan fingerprint density at radius 2 is 2.06 bits per heavy atom. The highest BCUT2D eigenvalue weighted by Crippen LogP contribution is 2.43. The smallest absolute Gasteiger partial charge is 0.226 e. The summed E-state index contributed by atoms with van der Waals surface area (Å²) in [6.07, 6.45) is 7.16. The molecule has 0 saturated carbocycles. The van der Waals surface area contributed by atoms with E-state index in [1.165, 1.54) is 25.7 Å². The third kappa shape index (κ3) is 2.10. The normalized spacial score (nSPS) is 28.3. The molecule has 0 aromatic rings. The van der Waals surface area contributed by atoms with Crippen LogP contribution in [0.25, 0.3) is 0 Å². The Morgan fingerprint density at radius 3 is 2.75 bits per heavy atom. The summed E-state index contributed by atoms with van der Waals surface area (Å²) < 4.78 is 0. The van der Waals surface area contributed by atoms with E-state index in [2.05, 4.69) is 17.6 Å². The van der Waals surface area contributed by atoms with Crippen LogP contribution < -0.4 is 10.6 Å². The molecule has 2 rings (SSSR count). The number of hydrogen-bond acceptors (Lipinski definition) is 2. The average Bonchev–Trinajstić information content (AvgIpc) is 2.60. The lowest BCUT2D eigenvalue weighted by atomic mass is 9.69. The molecule has 1 spiro atoms. The van der Waals surface area contributed by atoms with Gasteiger partial charge < -0.3 is 10.6 Å². The van der Waals surface area contributed by atoms with Gasteiger partial charge in [0.25, 0.3) is 0 Å². The summed E-state index contributed by atoms with van der Waals surface area (Å²) in [4.78, 5) is 12.1. The van der Waals surface area contributed by atoms with Crippen molar-refractivity contribution in [2.45, 2.75) is 45.4 Å². The van der Waals surface area contributed by atoms with Crippen molar-refractivity contribution in [1.82, 2.24) is 10.6 Å². The predicted octanol–water partition coefficient (Wildman–Crippen LogP) is 1.68. The minimum atomic E-state index is -0.0149. The number of nitrogens with one attached hydrogen (secondary N) is 2. The molecular formula is C13H24N2O. The molecule has 0 radical (unpaired) electrons. The number of carbonyl (C=O) groups excluding carboxylic acids is 1. The van der Waals surface area contributed by atoms with E-state index in [9.17, 15) is 4.79 Å². The maximum atomic E-state index is 12.1. The van der Waals surface area contributed by atoms with Crippen LogP contribution in [0.1, 0.15) is 45.4 Å². The molecular weight excluding hydrogens is 200 g/mol. The topological polar surface area (TPSA) is 41.1 Å². The van der Waals surface area contributed by atoms with Crippen LogP contribution in [-0.2, 0) is 4.79 Å². The fourth-order valence-corrected chi connectivity index (χ4v) is 3.30. The molecule has 2 N–H and O–H groups in total. The number of unbranched alkanes of at least 4 members (excludes halogenated alkanes) is 2. The first-order chi connectivity index (χ1) is 7.79. The van der Waals surface area contributed by atoms with Crippen molar-refractivity contribution in [3.05, 3.63) is 0 Å². The van der Waals surface area contributed by atoms with Gasteiger partial charge in [-0.15, -0.1) is 0 Å². The summed E-state index contributed by atoms with van der Waals surface area (Å²) in [6.45, 7) is 5.18. The molecule has 1 unspecified atom stereocenters. The Morgan fingerprint density at radius 1 is 1.31 bits per heavy atom. The molecule has 2 heterocycles. The van der Waals surface area contributed by atoms with Gasteiger partial charge in [0.15, 0.2) is 0 Å². The first-order valence-electron chi connectivity index (χ1n) is 6.78. The first-order valence-corrected chi connectivity index (χ1v) is 6.78. The van der Waals surface area contributed by atoms with Crippen LogP contribution in [-0.4, -0.2) is 25.5 Å². The van der Waals surface area contributed by atoms with Crippen molar-refractivity contribution >= 4 is 5.91 Å². The van der Waals surface area contributed by atoms with Crippen LogP contribution in [0.3, 0.4) is 0 Å². The van der Waals surface area contributed by atoms with Gasteiger partial charge in [-0.3, -0.25) is 4.79 Å². The Hall–Kier alpha value is -0.570. The first kappa shape index (κ1) is 11.9. The van der Waals surface area contributed by atoms with Gasteiger partial charge in [0, 0.05) is 6.54 Å². The van der Waals surface area contributed by atoms with E-state index < -0.39 is 0 Å². The van der Waals surface area contributed by atoms with E-state index in [0.29, 0.717) is 11.8 Å². The largest absolute Gasteiger partial charge is 0.355 e. The second-order valence-electron chi connectivity index (χ2n) is 5.31. The van der Waals surface area contributed by atoms with Gasteiger partial charge >= 0.3 is 0 Å². The van der Waals surface area contributed by atoms with E-state index in [-0.39, 0.29) is 5.41 Å². The Bertz CT molecular complexity index is 246. The molecule has 0 aliphatic carbocycles. The van der Waals surface area contributed by atoms with E-state index in [0.717, 1.165) is 32.5 Å². The molecule has 16 heavy (non-hydrogen) atoms. The zero-order valence-corrected chi connectivity index (χ0v) is 10.3. The third-order valence-corrected chi connectivity index (χ3v) is 4.39. The van der Waals surface area contributed by atoms with Crippen molar-refractivity contribution < 1.29 is 4.79 Å². The van der Waals surface area contributed by atoms with Gasteiger partial charge in [-0.05, 0) is 38.3 Å². The summed E-state index contributed by atoms with van der Waals surface area (Å²) >= 11 is 0. The summed E-state index contributed by atoms with van der Waals surface area (Å²) in [5, 5.41) is 6.45. The molecule has 2 aliphatic heterocycles. The number of piperidine rings is 1. The van der Waals surface area contributed by atoms with Crippen molar-refractivity contribution in [3.8, 4) is 0 Å². The minimum absolute atomic E-state index is 0.0149. The molecule has 1 atom stereocenters. The third-order valence-electron chi connectivity index (χ3n) is 4.39. The Kier molecular flexibility index (Phi) is 3.85. The molecule has 92 valence electrons. The van der Waals surface area contributed by atoms with Crippen LogP contribution in [0.15, 0.2) is 0 Å². The summed E-state index contributed by atoms with van der Waals surface area (Å²) in [7, 11) is 0. The van der Waals surface area contributed by atoms with Gasteiger partial charge in [0.2, 0.25) is 5.91 Å². The molecule has 0 aromatic carbocycles. The minimum Gasteiger partial charge on any atom is -0.355 e. The van der Waals surface area contributed by atoms with Crippen molar-refractivity contribution in [1.29, 1.82) is 0 Å². The van der Waals surface area contributed by atoms with Gasteiger partial charge in [0.1, 0.15) is 0 Å². The van der Waals surface area contributed by atoms with Crippen LogP contribution >= 0.6 is 0 Å². The molecule has 0 aromatic heterocycles. The summed E-state index contributed by atoms with van der Waals surface area (Å²) in [6, 6.07) is 0. The number of carbonyl (C=O) groups is 1. The maximum Gasteiger partial charge on any atom is 0.226 e. The number of hydrogen-bond donors (Lipinski definition) is 2. The highest BCUT2D eigenvalue weighted by atomic mass is 16.2. The fraction of sp³-hybridized carbons (Fsp3) is 0.923. The van der Waals surface area contributed by atoms with E-state index >= 15 is 0 Å². The lowest BCUT2D eigenvalue weighted by molar-refractivity contribution is -0.130. The Balaban J connectivity index is 1.97. The predicted molar refractivity (Wildman–Crippen MR) is 65.2 cm³/mol. The second kappa shape index (κ2) is 5.17. The summed E-state index contributed by atoms with van der Waals surface area (Å²) in [5.41, 5.74) is -0.0149. The van der Waals surface area contributed by atoms with E-state index in [1.807, 2.05) is 0 Å². The Labute approximate surface area is 98.4 Å². The number of rotatable bonds is 4. The molecule has 2 aliphatic rings. The zero-order chi connectivity index (χ0) is 11.4. The highest BCUT2D eigenvalue weighted by Gasteiger charge is 2.49. The van der Waals surface area contributed by atoms with Crippen molar-refractivity contribution in [2.24, 2.45) is 11.3 Å². The van der Waals surface area contributed by atoms with Crippen LogP contribution in [0.4, 0.5) is 0 Å². The molecule has 0 bridgehead atoms.